The van der Waals surface area contributed by atoms with Crippen LogP contribution in [-0.4, -0.2) is 151 Å². The number of nitrogens with zero attached hydrogens (tertiary/aromatic N) is 20. The number of hydrogen-bond acceptors (Lipinski definition) is 30. The van der Waals surface area contributed by atoms with Crippen molar-refractivity contribution < 1.29 is 26.9 Å². The van der Waals surface area contributed by atoms with Gasteiger partial charge in [0.15, 0.2) is 24.7 Å². The van der Waals surface area contributed by atoms with Gasteiger partial charge in [-0.05, 0) is 56.3 Å². The summed E-state index contributed by atoms with van der Waals surface area (Å²) >= 11 is 1.60. The molecule has 2 aliphatic rings. The predicted molar refractivity (Wildman–Crippen MR) is 310 cm³/mol. The van der Waals surface area contributed by atoms with Gasteiger partial charge in [0.25, 0.3) is 0 Å². The van der Waals surface area contributed by atoms with E-state index in [2.05, 4.69) is 150 Å². The Balaban J connectivity index is 0.000000312. The van der Waals surface area contributed by atoms with Gasteiger partial charge in [0.2, 0.25) is 19.2 Å². The molecule has 0 radical (unpaired) electrons. The molecule has 0 atom stereocenters. The zero-order valence-electron chi connectivity index (χ0n) is 45.9. The molecule has 16 rings (SSSR count). The maximum absolute atomic E-state index is 5.01. The van der Waals surface area contributed by atoms with Gasteiger partial charge in [-0.1, -0.05) is 76.5 Å². The van der Waals surface area contributed by atoms with Crippen molar-refractivity contribution in [2.24, 2.45) is 0 Å². The molecule has 12 aromatic heterocycles. The minimum atomic E-state index is 0.845. The average molecular weight is 1180 g/mol. The Hall–Kier alpha value is -11.2. The fourth-order valence-corrected chi connectivity index (χ4v) is 4.99. The topological polar surface area (TPSA) is 404 Å². The van der Waals surface area contributed by atoms with Crippen LogP contribution in [0.4, 0.5) is 0 Å². The molecular formula is C53H65N25O6S. The Bertz CT molecular complexity index is 2320. The van der Waals surface area contributed by atoms with Crippen molar-refractivity contribution in [3.05, 3.63) is 259 Å². The lowest BCUT2D eigenvalue weighted by molar-refractivity contribution is 0.307. The number of para-hydroxylation sites is 2. The monoisotopic (exact) mass is 1180 g/mol. The van der Waals surface area contributed by atoms with Crippen molar-refractivity contribution in [1.29, 1.82) is 0 Å². The first-order valence-electron chi connectivity index (χ1n) is 25.2. The molecular weight excluding hydrogens is 1110 g/mol. The van der Waals surface area contributed by atoms with E-state index in [-0.39, 0.29) is 0 Å². The van der Waals surface area contributed by atoms with Crippen LogP contribution in [0.3, 0.4) is 0 Å². The number of nitrogens with one attached hydrogen (secondary N) is 5. The Morgan fingerprint density at radius 2 is 1.05 bits per heavy atom. The SMILES string of the molecule is C1CCNCC1.C1CNCCN1.c1ccc2ocnc2c1.c1ccccc1.c1ccncc1.c1cn[nH]n1.c1cnccn1.c1cncnc1.c1cnon1.c1cocn1.c1conn1.c1cscn1.c1nc[nH]n1.c1ncon1.c1nnco1. The maximum Gasteiger partial charge on any atom is 0.213 e. The number of pyridine rings is 1. The zero-order chi connectivity index (χ0) is 59.8. The summed E-state index contributed by atoms with van der Waals surface area (Å²) in [5.74, 6) is 0. The maximum atomic E-state index is 5.01. The van der Waals surface area contributed by atoms with Gasteiger partial charge in [-0.3, -0.25) is 25.0 Å². The Labute approximate surface area is 492 Å². The number of aromatic nitrogens is 22. The number of H-pyrrole nitrogens is 2. The van der Waals surface area contributed by atoms with Crippen LogP contribution in [0.1, 0.15) is 19.3 Å². The normalized spacial score (nSPS) is 10.5. The first-order chi connectivity index (χ1) is 42.5. The van der Waals surface area contributed by atoms with E-state index >= 15 is 0 Å². The molecule has 31 nitrogen and oxygen atoms in total. The van der Waals surface area contributed by atoms with Crippen LogP contribution in [0.2, 0.25) is 0 Å². The third-order valence-electron chi connectivity index (χ3n) is 8.08. The number of oxazole rings is 2. The number of piperidine rings is 1. The molecule has 2 saturated heterocycles. The lowest BCUT2D eigenvalue weighted by Crippen LogP contribution is -2.39. The summed E-state index contributed by atoms with van der Waals surface area (Å²) in [6.45, 7) is 7.06. The quantitative estimate of drug-likeness (QED) is 0.100. The fourth-order valence-electron chi connectivity index (χ4n) is 4.64. The highest BCUT2D eigenvalue weighted by atomic mass is 32.1. The van der Waals surface area contributed by atoms with Gasteiger partial charge in [-0.2, -0.15) is 20.5 Å². The highest BCUT2D eigenvalue weighted by molar-refractivity contribution is 7.07. The number of rotatable bonds is 0. The first-order valence-corrected chi connectivity index (χ1v) is 26.1. The van der Waals surface area contributed by atoms with E-state index in [1.807, 2.05) is 84.2 Å². The second-order valence-electron chi connectivity index (χ2n) is 14.1. The molecule has 14 aromatic rings. The van der Waals surface area contributed by atoms with Crippen LogP contribution in [0, 0.1) is 0 Å². The number of piperazine rings is 1. The van der Waals surface area contributed by atoms with Gasteiger partial charge in [0.1, 0.15) is 37.0 Å². The van der Waals surface area contributed by atoms with Gasteiger partial charge >= 0.3 is 0 Å². The van der Waals surface area contributed by atoms with E-state index in [1.165, 1.54) is 121 Å². The van der Waals surface area contributed by atoms with Crippen molar-refractivity contribution in [2.75, 3.05) is 39.3 Å². The largest absolute Gasteiger partial charge is 0.452 e. The first kappa shape index (κ1) is 69.9. The van der Waals surface area contributed by atoms with E-state index in [4.69, 9.17) is 4.42 Å². The third-order valence-corrected chi connectivity index (χ3v) is 8.60. The van der Waals surface area contributed by atoms with Gasteiger partial charge in [-0.25, -0.2) is 34.5 Å². The number of aromatic amines is 2. The van der Waals surface area contributed by atoms with Crippen LogP contribution in [-0.2, 0) is 0 Å². The molecule has 2 fully saturated rings. The summed E-state index contributed by atoms with van der Waals surface area (Å²) in [7, 11) is 0. The minimum absolute atomic E-state index is 0.845. The van der Waals surface area contributed by atoms with E-state index in [1.54, 1.807) is 97.3 Å². The van der Waals surface area contributed by atoms with Crippen LogP contribution < -0.4 is 16.0 Å². The fraction of sp³-hybridized carbons (Fsp3) is 0.170. The van der Waals surface area contributed by atoms with E-state index in [0.717, 1.165) is 37.3 Å². The predicted octanol–water partition coefficient (Wildman–Crippen LogP) is 7.19. The molecule has 0 saturated carbocycles. The molecule has 32 heteroatoms. The Morgan fingerprint density at radius 3 is 1.31 bits per heavy atom. The molecule has 444 valence electrons. The molecule has 0 amide bonds. The van der Waals surface area contributed by atoms with Crippen molar-refractivity contribution in [1.82, 2.24) is 127 Å². The van der Waals surface area contributed by atoms with Crippen LogP contribution in [0.5, 0.6) is 0 Å². The summed E-state index contributed by atoms with van der Waals surface area (Å²) in [6, 6.07) is 27.2. The highest BCUT2D eigenvalue weighted by Gasteiger charge is 1.94. The molecule has 0 bridgehead atoms. The van der Waals surface area contributed by atoms with Crippen LogP contribution in [0.15, 0.2) is 286 Å². The highest BCUT2D eigenvalue weighted by Crippen LogP contribution is 2.09. The average Bonchev–Trinajstić information content (AvgIpc) is 4.51. The number of hydrogen-bond donors (Lipinski definition) is 5. The zero-order valence-corrected chi connectivity index (χ0v) is 46.7. The van der Waals surface area contributed by atoms with E-state index in [0.29, 0.717) is 0 Å². The number of benzene rings is 2. The van der Waals surface area contributed by atoms with Gasteiger partial charge in [0.05, 0.1) is 42.7 Å². The minimum Gasteiger partial charge on any atom is -0.452 e. The third kappa shape index (κ3) is 54.5. The molecule has 0 spiro atoms. The summed E-state index contributed by atoms with van der Waals surface area (Å²) in [5.41, 5.74) is 3.55. The van der Waals surface area contributed by atoms with Crippen molar-refractivity contribution in [3.63, 3.8) is 0 Å². The summed E-state index contributed by atoms with van der Waals surface area (Å²) in [5, 5.41) is 49.7. The summed E-state index contributed by atoms with van der Waals surface area (Å²) in [4.78, 5) is 36.8. The molecule has 2 aliphatic heterocycles. The molecule has 0 aliphatic carbocycles. The molecule has 14 heterocycles. The second-order valence-corrected chi connectivity index (χ2v) is 14.9. The molecule has 85 heavy (non-hydrogen) atoms. The van der Waals surface area contributed by atoms with Crippen molar-refractivity contribution in [2.45, 2.75) is 19.3 Å². The van der Waals surface area contributed by atoms with Gasteiger partial charge < -0.3 is 38.2 Å². The smallest absolute Gasteiger partial charge is 0.213 e. The lowest BCUT2D eigenvalue weighted by Gasteiger charge is -2.11. The number of fused-ring (bicyclic) bond motifs is 1. The van der Waals surface area contributed by atoms with Crippen molar-refractivity contribution >= 4 is 22.4 Å². The Morgan fingerprint density at radius 1 is 0.400 bits per heavy atom. The Kier molecular flexibility index (Phi) is 51.0. The van der Waals surface area contributed by atoms with E-state index in [9.17, 15) is 0 Å². The van der Waals surface area contributed by atoms with E-state index < -0.39 is 0 Å². The van der Waals surface area contributed by atoms with Gasteiger partial charge in [0, 0.05) is 92.6 Å². The summed E-state index contributed by atoms with van der Waals surface area (Å²) in [6.07, 6.45) is 43.9. The standard InChI is InChI=1S/C7H5NO.C6H6.C5H11N.C5H5N.C4H10N2.2C4H4N2.C3H3NO.C3H3NS.2C2H3N3.4C2H2N2O/c1-2-4-7-6(3-1)8-5-9-7;3*1-2-4-6-5-3-1;2*1-2-6-4-3-5-1;1-2-5-4-6-3-1;2*1-2-5-3-4-1;1-3-2-5-4-1;1-2-4-5-3-1;1-3-4-2-5-1;1-3-2-5-4-1;1-2-5-4-3-1;1-2-4-5-3-1/h1-5H;1-6H;6H,1-5H2;1-5H;5-6H,1-4H2;2*1-4H;2*1-3H;2*1-2H,(H,3,4,5);4*1-2H. The summed E-state index contributed by atoms with van der Waals surface area (Å²) < 4.78 is 26.4. The van der Waals surface area contributed by atoms with Gasteiger partial charge in [-0.15, -0.1) is 26.6 Å². The van der Waals surface area contributed by atoms with Crippen molar-refractivity contribution in [3.8, 4) is 0 Å². The molecule has 0 unspecified atom stereocenters. The molecule has 2 aromatic carbocycles. The lowest BCUT2D eigenvalue weighted by atomic mass is 10.2. The van der Waals surface area contributed by atoms with Crippen LogP contribution >= 0.6 is 11.3 Å². The van der Waals surface area contributed by atoms with Crippen LogP contribution in [0.25, 0.3) is 11.1 Å². The second kappa shape index (κ2) is 62.0. The number of thiazole rings is 1. The molecule has 5 N–H and O–H groups in total.